The van der Waals surface area contributed by atoms with Gasteiger partial charge in [-0.3, -0.25) is 14.6 Å². The Morgan fingerprint density at radius 3 is 2.42 bits per heavy atom. The summed E-state index contributed by atoms with van der Waals surface area (Å²) in [6.45, 7) is 8.87. The van der Waals surface area contributed by atoms with Crippen LogP contribution in [0.3, 0.4) is 0 Å². The predicted molar refractivity (Wildman–Crippen MR) is 116 cm³/mol. The van der Waals surface area contributed by atoms with Crippen molar-refractivity contribution in [2.24, 2.45) is 0 Å². The number of benzene rings is 1. The van der Waals surface area contributed by atoms with Crippen LogP contribution < -0.4 is 0 Å². The van der Waals surface area contributed by atoms with Crippen LogP contribution in [0.5, 0.6) is 0 Å². The van der Waals surface area contributed by atoms with Crippen molar-refractivity contribution in [3.63, 3.8) is 0 Å². The van der Waals surface area contributed by atoms with Crippen LogP contribution in [0.2, 0.25) is 0 Å². The van der Waals surface area contributed by atoms with Gasteiger partial charge in [-0.25, -0.2) is 0 Å². The number of aryl methyl sites for hydroxylation is 2. The first-order chi connectivity index (χ1) is 15.0. The number of furan rings is 1. The molecule has 0 radical (unpaired) electrons. The lowest BCUT2D eigenvalue weighted by atomic mass is 10.1. The molecule has 8 nitrogen and oxygen atoms in total. The highest BCUT2D eigenvalue weighted by molar-refractivity contribution is 5.77. The number of hydrogen-bond donors (Lipinski definition) is 0. The molecule has 31 heavy (non-hydrogen) atoms. The zero-order valence-electron chi connectivity index (χ0n) is 18.4. The number of hydrogen-bond acceptors (Lipinski definition) is 7. The van der Waals surface area contributed by atoms with Crippen molar-refractivity contribution in [3.05, 3.63) is 59.4 Å². The SMILES string of the molecule is Cc1ccc(-c2noc(CN3CCN(CC(=O)N(C)Cc4ccc(C)o4)CC3)n2)cc1. The van der Waals surface area contributed by atoms with Crippen molar-refractivity contribution >= 4 is 5.91 Å². The lowest BCUT2D eigenvalue weighted by Crippen LogP contribution is -2.49. The number of carbonyl (C=O) groups is 1. The van der Waals surface area contributed by atoms with Crippen LogP contribution in [0.4, 0.5) is 0 Å². The normalized spacial score (nSPS) is 15.3. The second kappa shape index (κ2) is 9.45. The molecule has 0 spiro atoms. The lowest BCUT2D eigenvalue weighted by Gasteiger charge is -2.34. The number of amides is 1. The second-order valence-electron chi connectivity index (χ2n) is 8.19. The molecule has 1 aromatic carbocycles. The Hall–Kier alpha value is -2.97. The van der Waals surface area contributed by atoms with Crippen molar-refractivity contribution < 1.29 is 13.7 Å². The van der Waals surface area contributed by atoms with Gasteiger partial charge in [0.15, 0.2) is 0 Å². The fourth-order valence-electron chi connectivity index (χ4n) is 3.64. The Morgan fingerprint density at radius 1 is 1.03 bits per heavy atom. The van der Waals surface area contributed by atoms with E-state index in [4.69, 9.17) is 8.94 Å². The van der Waals surface area contributed by atoms with Crippen LogP contribution in [-0.4, -0.2) is 70.5 Å². The largest absolute Gasteiger partial charge is 0.464 e. The third-order valence-corrected chi connectivity index (χ3v) is 5.58. The molecule has 3 heterocycles. The van der Waals surface area contributed by atoms with E-state index in [9.17, 15) is 4.79 Å². The van der Waals surface area contributed by atoms with E-state index in [-0.39, 0.29) is 5.91 Å². The molecule has 0 unspecified atom stereocenters. The van der Waals surface area contributed by atoms with Gasteiger partial charge in [0.05, 0.1) is 19.6 Å². The van der Waals surface area contributed by atoms with Gasteiger partial charge in [0, 0.05) is 38.8 Å². The Labute approximate surface area is 182 Å². The molecule has 1 saturated heterocycles. The third-order valence-electron chi connectivity index (χ3n) is 5.58. The highest BCUT2D eigenvalue weighted by Gasteiger charge is 2.22. The number of rotatable bonds is 7. The summed E-state index contributed by atoms with van der Waals surface area (Å²) in [5, 5.41) is 4.11. The Kier molecular flexibility index (Phi) is 6.48. The fourth-order valence-corrected chi connectivity index (χ4v) is 3.64. The third kappa shape index (κ3) is 5.59. The summed E-state index contributed by atoms with van der Waals surface area (Å²) in [5.41, 5.74) is 2.16. The summed E-state index contributed by atoms with van der Waals surface area (Å²) in [4.78, 5) is 23.3. The van der Waals surface area contributed by atoms with Gasteiger partial charge in [-0.05, 0) is 26.0 Å². The van der Waals surface area contributed by atoms with E-state index in [0.29, 0.717) is 31.3 Å². The summed E-state index contributed by atoms with van der Waals surface area (Å²) in [6, 6.07) is 11.9. The van der Waals surface area contributed by atoms with Crippen LogP contribution in [0.15, 0.2) is 45.3 Å². The Balaban J connectivity index is 1.22. The van der Waals surface area contributed by atoms with Crippen LogP contribution in [0.25, 0.3) is 11.4 Å². The first-order valence-corrected chi connectivity index (χ1v) is 10.6. The second-order valence-corrected chi connectivity index (χ2v) is 8.19. The van der Waals surface area contributed by atoms with Gasteiger partial charge in [0.1, 0.15) is 11.5 Å². The summed E-state index contributed by atoms with van der Waals surface area (Å²) in [7, 11) is 1.82. The highest BCUT2D eigenvalue weighted by Crippen LogP contribution is 2.17. The topological polar surface area (TPSA) is 78.9 Å². The van der Waals surface area contributed by atoms with E-state index in [0.717, 1.165) is 43.3 Å². The van der Waals surface area contributed by atoms with Crippen molar-refractivity contribution in [1.82, 2.24) is 24.8 Å². The molecule has 1 aliphatic rings. The monoisotopic (exact) mass is 423 g/mol. The number of aromatic nitrogens is 2. The molecule has 4 rings (SSSR count). The zero-order chi connectivity index (χ0) is 21.8. The van der Waals surface area contributed by atoms with Crippen LogP contribution in [0, 0.1) is 13.8 Å². The van der Waals surface area contributed by atoms with E-state index in [1.54, 1.807) is 4.90 Å². The van der Waals surface area contributed by atoms with Gasteiger partial charge in [-0.1, -0.05) is 35.0 Å². The molecule has 2 aromatic heterocycles. The average Bonchev–Trinajstić information content (AvgIpc) is 3.39. The molecule has 1 amide bonds. The predicted octanol–water partition coefficient (Wildman–Crippen LogP) is 2.72. The fraction of sp³-hybridized carbons (Fsp3) is 0.435. The maximum atomic E-state index is 12.5. The van der Waals surface area contributed by atoms with Gasteiger partial charge in [-0.2, -0.15) is 4.98 Å². The molecular weight excluding hydrogens is 394 g/mol. The van der Waals surface area contributed by atoms with E-state index in [1.165, 1.54) is 5.56 Å². The van der Waals surface area contributed by atoms with Crippen molar-refractivity contribution in [2.45, 2.75) is 26.9 Å². The summed E-state index contributed by atoms with van der Waals surface area (Å²) in [6.07, 6.45) is 0. The number of nitrogens with zero attached hydrogens (tertiary/aromatic N) is 5. The number of piperazine rings is 1. The van der Waals surface area contributed by atoms with E-state index >= 15 is 0 Å². The minimum absolute atomic E-state index is 0.0992. The van der Waals surface area contributed by atoms with Crippen molar-refractivity contribution in [3.8, 4) is 11.4 Å². The minimum Gasteiger partial charge on any atom is -0.464 e. The smallest absolute Gasteiger partial charge is 0.241 e. The minimum atomic E-state index is 0.0992. The Morgan fingerprint density at radius 2 is 1.74 bits per heavy atom. The molecule has 0 bridgehead atoms. The molecule has 0 N–H and O–H groups in total. The van der Waals surface area contributed by atoms with Crippen molar-refractivity contribution in [2.75, 3.05) is 39.8 Å². The zero-order valence-corrected chi connectivity index (χ0v) is 18.4. The quantitative estimate of drug-likeness (QED) is 0.578. The van der Waals surface area contributed by atoms with Crippen molar-refractivity contribution in [1.29, 1.82) is 0 Å². The molecule has 3 aromatic rings. The highest BCUT2D eigenvalue weighted by atomic mass is 16.5. The van der Waals surface area contributed by atoms with E-state index < -0.39 is 0 Å². The maximum absolute atomic E-state index is 12.5. The molecule has 0 aliphatic carbocycles. The standard InChI is InChI=1S/C23H29N5O3/c1-17-4-7-19(8-5-17)23-24-21(31-25-23)15-27-10-12-28(13-11-27)16-22(29)26(3)14-20-9-6-18(2)30-20/h4-9H,10-16H2,1-3H3. The van der Waals surface area contributed by atoms with E-state index in [1.807, 2.05) is 50.4 Å². The molecule has 1 fully saturated rings. The van der Waals surface area contributed by atoms with Gasteiger partial charge in [0.25, 0.3) is 0 Å². The maximum Gasteiger partial charge on any atom is 0.241 e. The number of carbonyl (C=O) groups excluding carboxylic acids is 1. The molecular formula is C23H29N5O3. The van der Waals surface area contributed by atoms with Crippen LogP contribution in [-0.2, 0) is 17.9 Å². The molecule has 1 aliphatic heterocycles. The number of likely N-dealkylation sites (N-methyl/N-ethyl adjacent to an activating group) is 1. The molecule has 0 atom stereocenters. The van der Waals surface area contributed by atoms with Crippen LogP contribution >= 0.6 is 0 Å². The first-order valence-electron chi connectivity index (χ1n) is 10.6. The first kappa shape index (κ1) is 21.3. The Bertz CT molecular complexity index is 1000. The van der Waals surface area contributed by atoms with Gasteiger partial charge >= 0.3 is 0 Å². The van der Waals surface area contributed by atoms with Gasteiger partial charge in [0.2, 0.25) is 17.6 Å². The van der Waals surface area contributed by atoms with Gasteiger partial charge < -0.3 is 13.8 Å². The summed E-state index contributed by atoms with van der Waals surface area (Å²) in [5.74, 6) is 3.01. The summed E-state index contributed by atoms with van der Waals surface area (Å²) >= 11 is 0. The van der Waals surface area contributed by atoms with Gasteiger partial charge in [-0.15, -0.1) is 0 Å². The lowest BCUT2D eigenvalue weighted by molar-refractivity contribution is -0.132. The molecule has 164 valence electrons. The molecule has 8 heteroatoms. The average molecular weight is 424 g/mol. The van der Waals surface area contributed by atoms with E-state index in [2.05, 4.69) is 26.9 Å². The summed E-state index contributed by atoms with van der Waals surface area (Å²) < 4.78 is 11.0. The molecule has 0 saturated carbocycles. The van der Waals surface area contributed by atoms with Crippen LogP contribution in [0.1, 0.15) is 23.0 Å².